The fraction of sp³-hybridized carbons (Fsp3) is 0.250. The lowest BCUT2D eigenvalue weighted by atomic mass is 10.00. The van der Waals surface area contributed by atoms with Gasteiger partial charge in [-0.05, 0) is 28.8 Å². The number of rotatable bonds is 5. The molecule has 0 unspecified atom stereocenters. The number of hydrogen-bond acceptors (Lipinski definition) is 3. The molecule has 0 aliphatic heterocycles. The molecule has 2 rings (SSSR count). The van der Waals surface area contributed by atoms with Crippen molar-refractivity contribution < 1.29 is 14.2 Å². The number of ether oxygens (including phenoxy) is 3. The highest BCUT2D eigenvalue weighted by Crippen LogP contribution is 2.41. The Balaban J connectivity index is 2.63. The third-order valence-corrected chi connectivity index (χ3v) is 3.42. The minimum atomic E-state index is 0.451. The molecule has 0 fully saturated rings. The summed E-state index contributed by atoms with van der Waals surface area (Å²) in [5.41, 5.74) is 3.10. The zero-order chi connectivity index (χ0) is 14.5. The van der Waals surface area contributed by atoms with Gasteiger partial charge in [0.15, 0.2) is 11.5 Å². The van der Waals surface area contributed by atoms with Crippen LogP contribution in [-0.4, -0.2) is 21.3 Å². The van der Waals surface area contributed by atoms with Crippen LogP contribution in [0.3, 0.4) is 0 Å². The lowest BCUT2D eigenvalue weighted by Gasteiger charge is -2.15. The van der Waals surface area contributed by atoms with Gasteiger partial charge in [-0.25, -0.2) is 0 Å². The van der Waals surface area contributed by atoms with Gasteiger partial charge in [0.05, 0.1) is 21.3 Å². The van der Waals surface area contributed by atoms with Crippen LogP contribution < -0.4 is 14.2 Å². The zero-order valence-corrected chi connectivity index (χ0v) is 12.5. The predicted molar refractivity (Wildman–Crippen MR) is 81.1 cm³/mol. The Labute approximate surface area is 124 Å². The maximum atomic E-state index is 6.00. The van der Waals surface area contributed by atoms with Crippen molar-refractivity contribution in [3.05, 3.63) is 42.0 Å². The van der Waals surface area contributed by atoms with Crippen LogP contribution in [0.1, 0.15) is 5.56 Å². The fourth-order valence-corrected chi connectivity index (χ4v) is 2.39. The number of alkyl halides is 1. The average molecular weight is 293 g/mol. The van der Waals surface area contributed by atoms with Crippen LogP contribution >= 0.6 is 11.6 Å². The van der Waals surface area contributed by atoms with E-state index < -0.39 is 0 Å². The van der Waals surface area contributed by atoms with E-state index in [-0.39, 0.29) is 0 Å². The smallest absolute Gasteiger partial charge is 0.203 e. The first kappa shape index (κ1) is 14.5. The van der Waals surface area contributed by atoms with Crippen molar-refractivity contribution in [2.75, 3.05) is 21.3 Å². The summed E-state index contributed by atoms with van der Waals surface area (Å²) in [5, 5.41) is 0. The number of hydrogen-bond donors (Lipinski definition) is 0. The summed E-state index contributed by atoms with van der Waals surface area (Å²) in [6.45, 7) is 0. The quantitative estimate of drug-likeness (QED) is 0.776. The van der Waals surface area contributed by atoms with Crippen molar-refractivity contribution in [2.45, 2.75) is 5.88 Å². The largest absolute Gasteiger partial charge is 0.493 e. The van der Waals surface area contributed by atoms with Crippen molar-refractivity contribution in [3.63, 3.8) is 0 Å². The van der Waals surface area contributed by atoms with Crippen LogP contribution in [-0.2, 0) is 5.88 Å². The maximum Gasteiger partial charge on any atom is 0.203 e. The molecule has 0 radical (unpaired) electrons. The van der Waals surface area contributed by atoms with Gasteiger partial charge in [-0.1, -0.05) is 24.3 Å². The van der Waals surface area contributed by atoms with Gasteiger partial charge in [0.2, 0.25) is 5.75 Å². The first-order valence-electron chi connectivity index (χ1n) is 6.19. The molecule has 3 nitrogen and oxygen atoms in total. The Bertz CT molecular complexity index is 571. The third kappa shape index (κ3) is 2.68. The highest BCUT2D eigenvalue weighted by Gasteiger charge is 2.15. The molecule has 0 spiro atoms. The Morgan fingerprint density at radius 1 is 0.900 bits per heavy atom. The SMILES string of the molecule is COc1cc(-c2ccccc2CCl)cc(OC)c1OC. The minimum absolute atomic E-state index is 0.451. The maximum absolute atomic E-state index is 6.00. The van der Waals surface area contributed by atoms with Crippen LogP contribution in [0.25, 0.3) is 11.1 Å². The Morgan fingerprint density at radius 3 is 2.00 bits per heavy atom. The van der Waals surface area contributed by atoms with Crippen LogP contribution in [0.15, 0.2) is 36.4 Å². The summed E-state index contributed by atoms with van der Waals surface area (Å²) in [7, 11) is 4.80. The van der Waals surface area contributed by atoms with E-state index in [9.17, 15) is 0 Å². The second kappa shape index (κ2) is 6.53. The monoisotopic (exact) mass is 292 g/mol. The molecule has 0 saturated carbocycles. The molecular formula is C16H17ClO3. The second-order valence-electron chi connectivity index (χ2n) is 4.20. The molecular weight excluding hydrogens is 276 g/mol. The van der Waals surface area contributed by atoms with Crippen LogP contribution in [0.2, 0.25) is 0 Å². The van der Waals surface area contributed by atoms with Gasteiger partial charge in [-0.2, -0.15) is 0 Å². The Hall–Kier alpha value is -1.87. The van der Waals surface area contributed by atoms with Gasteiger partial charge >= 0.3 is 0 Å². The molecule has 0 saturated heterocycles. The number of halogens is 1. The van der Waals surface area contributed by atoms with Crippen molar-refractivity contribution in [1.82, 2.24) is 0 Å². The van der Waals surface area contributed by atoms with Gasteiger partial charge in [-0.15, -0.1) is 11.6 Å². The van der Waals surface area contributed by atoms with Crippen LogP contribution in [0.5, 0.6) is 17.2 Å². The van der Waals surface area contributed by atoms with E-state index in [1.54, 1.807) is 21.3 Å². The molecule has 2 aromatic rings. The number of benzene rings is 2. The summed E-state index contributed by atoms with van der Waals surface area (Å²) in [6, 6.07) is 11.8. The summed E-state index contributed by atoms with van der Waals surface area (Å²) in [4.78, 5) is 0. The van der Waals surface area contributed by atoms with E-state index in [4.69, 9.17) is 25.8 Å². The van der Waals surface area contributed by atoms with Gasteiger partial charge in [0.1, 0.15) is 0 Å². The highest BCUT2D eigenvalue weighted by molar-refractivity contribution is 6.17. The van der Waals surface area contributed by atoms with Gasteiger partial charge in [0.25, 0.3) is 0 Å². The number of methoxy groups -OCH3 is 3. The molecule has 0 heterocycles. The molecule has 0 aliphatic carbocycles. The average Bonchev–Trinajstić information content (AvgIpc) is 2.53. The fourth-order valence-electron chi connectivity index (χ4n) is 2.16. The summed E-state index contributed by atoms with van der Waals surface area (Å²) < 4.78 is 16.1. The molecule has 0 bridgehead atoms. The summed E-state index contributed by atoms with van der Waals surface area (Å²) in [6.07, 6.45) is 0. The molecule has 20 heavy (non-hydrogen) atoms. The summed E-state index contributed by atoms with van der Waals surface area (Å²) >= 11 is 6.00. The highest BCUT2D eigenvalue weighted by atomic mass is 35.5. The molecule has 0 aliphatic rings. The first-order chi connectivity index (χ1) is 9.74. The van der Waals surface area contributed by atoms with Crippen LogP contribution in [0.4, 0.5) is 0 Å². The summed E-state index contributed by atoms with van der Waals surface area (Å²) in [5.74, 6) is 2.30. The molecule has 0 atom stereocenters. The van der Waals surface area contributed by atoms with Crippen molar-refractivity contribution >= 4 is 11.6 Å². The Kier molecular flexibility index (Phi) is 4.74. The van der Waals surface area contributed by atoms with E-state index in [0.717, 1.165) is 16.7 Å². The van der Waals surface area contributed by atoms with E-state index in [2.05, 4.69) is 0 Å². The molecule has 0 aromatic heterocycles. The third-order valence-electron chi connectivity index (χ3n) is 3.14. The standard InChI is InChI=1S/C16H17ClO3/c1-18-14-8-12(9-15(19-2)16(14)20-3)13-7-5-4-6-11(13)10-17/h4-9H,10H2,1-3H3. The van der Waals surface area contributed by atoms with E-state index in [1.165, 1.54) is 0 Å². The molecule has 0 amide bonds. The minimum Gasteiger partial charge on any atom is -0.493 e. The molecule has 106 valence electrons. The van der Waals surface area contributed by atoms with Crippen LogP contribution in [0, 0.1) is 0 Å². The van der Waals surface area contributed by atoms with E-state index in [1.807, 2.05) is 36.4 Å². The van der Waals surface area contributed by atoms with Crippen molar-refractivity contribution in [2.24, 2.45) is 0 Å². The zero-order valence-electron chi connectivity index (χ0n) is 11.8. The normalized spacial score (nSPS) is 10.2. The van der Waals surface area contributed by atoms with Crippen molar-refractivity contribution in [1.29, 1.82) is 0 Å². The van der Waals surface area contributed by atoms with Crippen molar-refractivity contribution in [3.8, 4) is 28.4 Å². The topological polar surface area (TPSA) is 27.7 Å². The van der Waals surface area contributed by atoms with E-state index in [0.29, 0.717) is 23.1 Å². The first-order valence-corrected chi connectivity index (χ1v) is 6.72. The lowest BCUT2D eigenvalue weighted by molar-refractivity contribution is 0.324. The Morgan fingerprint density at radius 2 is 1.50 bits per heavy atom. The predicted octanol–water partition coefficient (Wildman–Crippen LogP) is 4.12. The molecule has 0 N–H and O–H groups in total. The van der Waals surface area contributed by atoms with Gasteiger partial charge in [0, 0.05) is 5.88 Å². The molecule has 4 heteroatoms. The van der Waals surface area contributed by atoms with Gasteiger partial charge < -0.3 is 14.2 Å². The van der Waals surface area contributed by atoms with Gasteiger partial charge in [-0.3, -0.25) is 0 Å². The second-order valence-corrected chi connectivity index (χ2v) is 4.47. The molecule has 2 aromatic carbocycles. The lowest BCUT2D eigenvalue weighted by Crippen LogP contribution is -1.96. The van der Waals surface area contributed by atoms with E-state index >= 15 is 0 Å².